The summed E-state index contributed by atoms with van der Waals surface area (Å²) in [5.74, 6) is -0.210. The highest BCUT2D eigenvalue weighted by Gasteiger charge is 2.11. The van der Waals surface area contributed by atoms with Crippen molar-refractivity contribution in [3.8, 4) is 11.3 Å². The number of carbonyl (C=O) groups is 1. The Morgan fingerprint density at radius 2 is 1.74 bits per heavy atom. The molecular weight excluding hydrogens is 310 g/mol. The van der Waals surface area contributed by atoms with E-state index in [0.29, 0.717) is 6.61 Å². The monoisotopic (exact) mass is 327 g/mol. The highest BCUT2D eigenvalue weighted by molar-refractivity contribution is 5.88. The highest BCUT2D eigenvalue weighted by Crippen LogP contribution is 2.25. The fourth-order valence-corrected chi connectivity index (χ4v) is 2.52. The third-order valence-electron chi connectivity index (χ3n) is 3.51. The topological polar surface area (TPSA) is 39.2 Å². The molecule has 3 rings (SSSR count). The molecule has 3 nitrogen and oxygen atoms in total. The molecule has 2 aromatic carbocycles. The molecule has 0 saturated heterocycles. The van der Waals surface area contributed by atoms with Crippen molar-refractivity contribution in [1.29, 1.82) is 0 Å². The molecular formula is C19H18ClNO2. The van der Waals surface area contributed by atoms with Gasteiger partial charge < -0.3 is 4.74 Å². The summed E-state index contributed by atoms with van der Waals surface area (Å²) >= 11 is 0. The Labute approximate surface area is 141 Å². The number of esters is 1. The Hall–Kier alpha value is -2.39. The maximum absolute atomic E-state index is 11.9. The van der Waals surface area contributed by atoms with E-state index < -0.39 is 0 Å². The van der Waals surface area contributed by atoms with Crippen LogP contribution in [0.2, 0.25) is 0 Å². The zero-order valence-electron chi connectivity index (χ0n) is 12.9. The predicted molar refractivity (Wildman–Crippen MR) is 94.8 cm³/mol. The number of hydrogen-bond donors (Lipinski definition) is 0. The Kier molecular flexibility index (Phi) is 5.72. The van der Waals surface area contributed by atoms with Crippen LogP contribution in [0.15, 0.2) is 60.7 Å². The molecule has 0 radical (unpaired) electrons. The van der Waals surface area contributed by atoms with Gasteiger partial charge in [0.2, 0.25) is 0 Å². The molecule has 0 amide bonds. The van der Waals surface area contributed by atoms with Crippen LogP contribution in [0.4, 0.5) is 0 Å². The second kappa shape index (κ2) is 7.75. The summed E-state index contributed by atoms with van der Waals surface area (Å²) in [5.41, 5.74) is 3.75. The summed E-state index contributed by atoms with van der Waals surface area (Å²) in [7, 11) is 0. The number of aromatic nitrogens is 1. The molecule has 0 fully saturated rings. The number of nitrogens with zero attached hydrogens (tertiary/aromatic N) is 1. The molecule has 0 atom stereocenters. The predicted octanol–water partition coefficient (Wildman–Crippen LogP) is 4.43. The fraction of sp³-hybridized carbons (Fsp3) is 0.158. The van der Waals surface area contributed by atoms with Gasteiger partial charge in [0.15, 0.2) is 0 Å². The molecule has 0 bridgehead atoms. The molecule has 0 aliphatic carbocycles. The van der Waals surface area contributed by atoms with Crippen molar-refractivity contribution in [1.82, 2.24) is 4.98 Å². The standard InChI is InChI=1S/C19H17NO2.ClH/c1-2-22-19(21)13-15-12-18(14-8-4-3-5-9-14)20-17-11-7-6-10-16(15)17;/h3-12H,2,13H2,1H3;1H. The lowest BCUT2D eigenvalue weighted by atomic mass is 10.0. The van der Waals surface area contributed by atoms with E-state index in [1.165, 1.54) is 0 Å². The van der Waals surface area contributed by atoms with Crippen LogP contribution < -0.4 is 0 Å². The van der Waals surface area contributed by atoms with E-state index in [9.17, 15) is 4.79 Å². The number of pyridine rings is 1. The molecule has 0 aliphatic rings. The third kappa shape index (κ3) is 3.88. The average Bonchev–Trinajstić information content (AvgIpc) is 2.56. The minimum atomic E-state index is -0.210. The number of para-hydroxylation sites is 1. The van der Waals surface area contributed by atoms with Gasteiger partial charge >= 0.3 is 5.97 Å². The lowest BCUT2D eigenvalue weighted by molar-refractivity contribution is -0.142. The van der Waals surface area contributed by atoms with Gasteiger partial charge in [0, 0.05) is 10.9 Å². The summed E-state index contributed by atoms with van der Waals surface area (Å²) < 4.78 is 5.08. The summed E-state index contributed by atoms with van der Waals surface area (Å²) in [6.45, 7) is 2.21. The maximum atomic E-state index is 11.9. The zero-order chi connectivity index (χ0) is 15.4. The van der Waals surface area contributed by atoms with Gasteiger partial charge in [0.05, 0.1) is 24.2 Å². The minimum Gasteiger partial charge on any atom is -0.466 e. The second-order valence-electron chi connectivity index (χ2n) is 5.03. The van der Waals surface area contributed by atoms with E-state index in [1.54, 1.807) is 0 Å². The normalized spacial score (nSPS) is 10.1. The first-order chi connectivity index (χ1) is 10.8. The molecule has 0 aliphatic heterocycles. The van der Waals surface area contributed by atoms with Gasteiger partial charge in [-0.05, 0) is 24.6 Å². The van der Waals surface area contributed by atoms with Gasteiger partial charge in [-0.3, -0.25) is 4.79 Å². The Bertz CT molecular complexity index is 803. The number of halogens is 1. The molecule has 118 valence electrons. The van der Waals surface area contributed by atoms with Crippen LogP contribution in [-0.2, 0) is 16.0 Å². The number of benzene rings is 2. The van der Waals surface area contributed by atoms with Crippen molar-refractivity contribution in [2.24, 2.45) is 0 Å². The van der Waals surface area contributed by atoms with Gasteiger partial charge in [-0.15, -0.1) is 12.4 Å². The zero-order valence-corrected chi connectivity index (χ0v) is 13.7. The molecule has 0 spiro atoms. The number of carbonyl (C=O) groups excluding carboxylic acids is 1. The molecule has 4 heteroatoms. The number of fused-ring (bicyclic) bond motifs is 1. The van der Waals surface area contributed by atoms with E-state index >= 15 is 0 Å². The lowest BCUT2D eigenvalue weighted by Gasteiger charge is -2.09. The van der Waals surface area contributed by atoms with Crippen molar-refractivity contribution in [3.05, 3.63) is 66.2 Å². The number of rotatable bonds is 4. The number of ether oxygens (including phenoxy) is 1. The fourth-order valence-electron chi connectivity index (χ4n) is 2.52. The second-order valence-corrected chi connectivity index (χ2v) is 5.03. The van der Waals surface area contributed by atoms with Crippen LogP contribution in [0.5, 0.6) is 0 Å². The summed E-state index contributed by atoms with van der Waals surface area (Å²) in [6.07, 6.45) is 0.261. The first kappa shape index (κ1) is 17.0. The summed E-state index contributed by atoms with van der Waals surface area (Å²) in [5, 5.41) is 0.996. The SMILES string of the molecule is CCOC(=O)Cc1cc(-c2ccccc2)nc2ccccc12.Cl. The van der Waals surface area contributed by atoms with E-state index in [1.807, 2.05) is 67.6 Å². The van der Waals surface area contributed by atoms with Crippen molar-refractivity contribution in [2.75, 3.05) is 6.61 Å². The van der Waals surface area contributed by atoms with Crippen molar-refractivity contribution < 1.29 is 9.53 Å². The summed E-state index contributed by atoms with van der Waals surface area (Å²) in [4.78, 5) is 16.6. The third-order valence-corrected chi connectivity index (χ3v) is 3.51. The van der Waals surface area contributed by atoms with Gasteiger partial charge in [0.25, 0.3) is 0 Å². The van der Waals surface area contributed by atoms with Crippen LogP contribution in [0.3, 0.4) is 0 Å². The van der Waals surface area contributed by atoms with E-state index in [4.69, 9.17) is 9.72 Å². The van der Waals surface area contributed by atoms with Crippen molar-refractivity contribution in [3.63, 3.8) is 0 Å². The molecule has 3 aromatic rings. The van der Waals surface area contributed by atoms with Crippen LogP contribution in [0.25, 0.3) is 22.2 Å². The van der Waals surface area contributed by atoms with E-state index in [2.05, 4.69) is 0 Å². The van der Waals surface area contributed by atoms with Gasteiger partial charge in [-0.1, -0.05) is 48.5 Å². The largest absolute Gasteiger partial charge is 0.466 e. The van der Waals surface area contributed by atoms with Crippen LogP contribution >= 0.6 is 12.4 Å². The molecule has 1 heterocycles. The minimum absolute atomic E-state index is 0. The van der Waals surface area contributed by atoms with Crippen LogP contribution in [0.1, 0.15) is 12.5 Å². The van der Waals surface area contributed by atoms with Gasteiger partial charge in [-0.2, -0.15) is 0 Å². The number of hydrogen-bond acceptors (Lipinski definition) is 3. The van der Waals surface area contributed by atoms with Crippen LogP contribution in [-0.4, -0.2) is 17.6 Å². The first-order valence-electron chi connectivity index (χ1n) is 7.37. The maximum Gasteiger partial charge on any atom is 0.310 e. The van der Waals surface area contributed by atoms with Crippen molar-refractivity contribution >= 4 is 29.3 Å². The average molecular weight is 328 g/mol. The Balaban J connectivity index is 0.00000192. The van der Waals surface area contributed by atoms with E-state index in [-0.39, 0.29) is 24.8 Å². The summed E-state index contributed by atoms with van der Waals surface area (Å²) in [6, 6.07) is 19.8. The molecule has 0 unspecified atom stereocenters. The van der Waals surface area contributed by atoms with Crippen LogP contribution in [0, 0.1) is 0 Å². The molecule has 0 saturated carbocycles. The quantitative estimate of drug-likeness (QED) is 0.665. The molecule has 23 heavy (non-hydrogen) atoms. The van der Waals surface area contributed by atoms with E-state index in [0.717, 1.165) is 27.7 Å². The lowest BCUT2D eigenvalue weighted by Crippen LogP contribution is -2.08. The van der Waals surface area contributed by atoms with Crippen molar-refractivity contribution in [2.45, 2.75) is 13.3 Å². The molecule has 0 N–H and O–H groups in total. The van der Waals surface area contributed by atoms with Gasteiger partial charge in [-0.25, -0.2) is 4.98 Å². The Morgan fingerprint density at radius 3 is 2.48 bits per heavy atom. The smallest absolute Gasteiger partial charge is 0.310 e. The first-order valence-corrected chi connectivity index (χ1v) is 7.37. The van der Waals surface area contributed by atoms with Gasteiger partial charge in [0.1, 0.15) is 0 Å². The highest BCUT2D eigenvalue weighted by atomic mass is 35.5. The molecule has 1 aromatic heterocycles. The Morgan fingerprint density at radius 1 is 1.04 bits per heavy atom.